The fourth-order valence-corrected chi connectivity index (χ4v) is 1.92. The molecule has 0 bridgehead atoms. The summed E-state index contributed by atoms with van der Waals surface area (Å²) >= 11 is 1.86. The molecule has 0 amide bonds. The smallest absolute Gasteiger partial charge is 0.121 e. The number of nitriles is 1. The van der Waals surface area contributed by atoms with Crippen molar-refractivity contribution >= 4 is 17.4 Å². The van der Waals surface area contributed by atoms with E-state index in [0.717, 1.165) is 30.8 Å². The quantitative estimate of drug-likeness (QED) is 0.693. The van der Waals surface area contributed by atoms with Gasteiger partial charge in [0.2, 0.25) is 0 Å². The Balaban J connectivity index is 2.30. The number of thioether (sulfide) groups is 1. The Morgan fingerprint density at radius 2 is 2.28 bits per heavy atom. The Bertz CT molecular complexity index is 376. The minimum absolute atomic E-state index is 0.548. The lowest BCUT2D eigenvalue weighted by atomic mass is 10.3. The minimum atomic E-state index is 0.548. The summed E-state index contributed by atoms with van der Waals surface area (Å²) in [4.78, 5) is 0. The highest BCUT2D eigenvalue weighted by atomic mass is 32.2. The van der Waals surface area contributed by atoms with Crippen molar-refractivity contribution in [3.63, 3.8) is 0 Å². The molecule has 0 aliphatic heterocycles. The van der Waals surface area contributed by atoms with E-state index in [2.05, 4.69) is 17.6 Å². The monoisotopic (exact) mass is 264 g/mol. The summed E-state index contributed by atoms with van der Waals surface area (Å²) in [5, 5.41) is 11.8. The molecule has 1 aromatic rings. The number of unbranched alkanes of at least 4 members (excludes halogenated alkanes) is 1. The lowest BCUT2D eigenvalue weighted by molar-refractivity contribution is 0.313. The van der Waals surface area contributed by atoms with Crippen molar-refractivity contribution in [2.24, 2.45) is 0 Å². The van der Waals surface area contributed by atoms with Crippen LogP contribution < -0.4 is 10.1 Å². The van der Waals surface area contributed by atoms with Gasteiger partial charge in [0.1, 0.15) is 5.75 Å². The van der Waals surface area contributed by atoms with Gasteiger partial charge in [0, 0.05) is 24.7 Å². The largest absolute Gasteiger partial charge is 0.493 e. The molecular formula is C14H20N2OS. The summed E-state index contributed by atoms with van der Waals surface area (Å²) in [5.74, 6) is 2.04. The first-order valence-corrected chi connectivity index (χ1v) is 7.59. The van der Waals surface area contributed by atoms with Crippen molar-refractivity contribution in [2.75, 3.05) is 30.5 Å². The van der Waals surface area contributed by atoms with Crippen LogP contribution in [0.1, 0.15) is 19.3 Å². The molecule has 0 aromatic heterocycles. The number of benzene rings is 1. The van der Waals surface area contributed by atoms with Gasteiger partial charge in [0.05, 0.1) is 12.7 Å². The number of rotatable bonds is 9. The molecule has 0 atom stereocenters. The van der Waals surface area contributed by atoms with Crippen LogP contribution in [0.3, 0.4) is 0 Å². The molecule has 1 aromatic carbocycles. The van der Waals surface area contributed by atoms with Crippen LogP contribution in [0.4, 0.5) is 5.69 Å². The predicted octanol–water partition coefficient (Wildman–Crippen LogP) is 3.53. The molecule has 0 unspecified atom stereocenters. The summed E-state index contributed by atoms with van der Waals surface area (Å²) in [6, 6.07) is 10.1. The van der Waals surface area contributed by atoms with Crippen LogP contribution >= 0.6 is 11.8 Å². The van der Waals surface area contributed by atoms with Crippen LogP contribution in [-0.2, 0) is 0 Å². The van der Waals surface area contributed by atoms with Gasteiger partial charge in [0.15, 0.2) is 0 Å². The van der Waals surface area contributed by atoms with E-state index in [-0.39, 0.29) is 0 Å². The summed E-state index contributed by atoms with van der Waals surface area (Å²) in [5.41, 5.74) is 1.09. The van der Waals surface area contributed by atoms with Crippen molar-refractivity contribution in [3.8, 4) is 11.8 Å². The van der Waals surface area contributed by atoms with Gasteiger partial charge < -0.3 is 10.1 Å². The third-order valence-corrected chi connectivity index (χ3v) is 3.09. The van der Waals surface area contributed by atoms with Crippen LogP contribution in [0.25, 0.3) is 0 Å². The van der Waals surface area contributed by atoms with Crippen LogP contribution in [0.5, 0.6) is 5.75 Å². The molecule has 0 fully saturated rings. The fraction of sp³-hybridized carbons (Fsp3) is 0.500. The first-order chi connectivity index (χ1) is 8.86. The van der Waals surface area contributed by atoms with E-state index in [1.807, 2.05) is 36.0 Å². The van der Waals surface area contributed by atoms with Gasteiger partial charge in [0.25, 0.3) is 0 Å². The molecule has 98 valence electrons. The molecule has 0 radical (unpaired) electrons. The van der Waals surface area contributed by atoms with Gasteiger partial charge in [-0.1, -0.05) is 6.07 Å². The van der Waals surface area contributed by atoms with E-state index < -0.39 is 0 Å². The predicted molar refractivity (Wildman–Crippen MR) is 78.3 cm³/mol. The molecule has 0 heterocycles. The van der Waals surface area contributed by atoms with E-state index in [9.17, 15) is 0 Å². The normalized spacial score (nSPS) is 9.78. The number of anilines is 1. The zero-order chi connectivity index (χ0) is 13.1. The second-order valence-corrected chi connectivity index (χ2v) is 4.90. The number of hydrogen-bond acceptors (Lipinski definition) is 4. The van der Waals surface area contributed by atoms with Crippen molar-refractivity contribution in [1.29, 1.82) is 5.26 Å². The zero-order valence-corrected chi connectivity index (χ0v) is 11.6. The number of nitrogens with zero attached hydrogens (tertiary/aromatic N) is 1. The Kier molecular flexibility index (Phi) is 7.90. The second kappa shape index (κ2) is 9.67. The van der Waals surface area contributed by atoms with E-state index >= 15 is 0 Å². The molecule has 1 rings (SSSR count). The number of ether oxygens (including phenoxy) is 1. The van der Waals surface area contributed by atoms with Crippen molar-refractivity contribution in [1.82, 2.24) is 0 Å². The van der Waals surface area contributed by atoms with Gasteiger partial charge in [-0.25, -0.2) is 0 Å². The summed E-state index contributed by atoms with van der Waals surface area (Å²) < 4.78 is 5.58. The maximum Gasteiger partial charge on any atom is 0.121 e. The third kappa shape index (κ3) is 6.41. The molecular weight excluding hydrogens is 244 g/mol. The summed E-state index contributed by atoms with van der Waals surface area (Å²) in [6.07, 6.45) is 4.61. The lowest BCUT2D eigenvalue weighted by Gasteiger charge is -2.09. The Morgan fingerprint density at radius 1 is 1.39 bits per heavy atom. The molecule has 3 nitrogen and oxygen atoms in total. The van der Waals surface area contributed by atoms with Gasteiger partial charge in [-0.05, 0) is 37.0 Å². The first-order valence-electron chi connectivity index (χ1n) is 6.19. The second-order valence-electron chi connectivity index (χ2n) is 3.91. The minimum Gasteiger partial charge on any atom is -0.493 e. The van der Waals surface area contributed by atoms with Crippen LogP contribution in [-0.4, -0.2) is 25.2 Å². The maximum atomic E-state index is 8.43. The molecule has 0 aliphatic rings. The van der Waals surface area contributed by atoms with Crippen LogP contribution in [0.15, 0.2) is 24.3 Å². The maximum absolute atomic E-state index is 8.43. The number of hydrogen-bond donors (Lipinski definition) is 1. The van der Waals surface area contributed by atoms with Gasteiger partial charge in [-0.15, -0.1) is 0 Å². The molecule has 4 heteroatoms. The lowest BCUT2D eigenvalue weighted by Crippen LogP contribution is -2.03. The fourth-order valence-electron chi connectivity index (χ4n) is 1.49. The molecule has 0 aliphatic carbocycles. The topological polar surface area (TPSA) is 45.0 Å². The third-order valence-electron chi connectivity index (χ3n) is 2.39. The number of nitrogens with one attached hydrogen (secondary N) is 1. The van der Waals surface area contributed by atoms with Crippen molar-refractivity contribution < 1.29 is 4.74 Å². The van der Waals surface area contributed by atoms with Crippen molar-refractivity contribution in [3.05, 3.63) is 24.3 Å². The van der Waals surface area contributed by atoms with Crippen LogP contribution in [0, 0.1) is 11.3 Å². The first kappa shape index (κ1) is 14.7. The van der Waals surface area contributed by atoms with E-state index in [1.165, 1.54) is 5.75 Å². The van der Waals surface area contributed by atoms with Crippen molar-refractivity contribution in [2.45, 2.75) is 19.3 Å². The Morgan fingerprint density at radius 3 is 3.06 bits per heavy atom. The Hall–Kier alpha value is -1.34. The van der Waals surface area contributed by atoms with Gasteiger partial charge in [-0.2, -0.15) is 17.0 Å². The molecule has 0 spiro atoms. The SMILES string of the molecule is CSCCCNc1cccc(OCCCC#N)c1. The van der Waals surface area contributed by atoms with E-state index in [0.29, 0.717) is 13.0 Å². The average Bonchev–Trinajstić information content (AvgIpc) is 2.40. The summed E-state index contributed by atoms with van der Waals surface area (Å²) in [7, 11) is 0. The molecule has 0 saturated carbocycles. The highest BCUT2D eigenvalue weighted by Gasteiger charge is 1.96. The highest BCUT2D eigenvalue weighted by Crippen LogP contribution is 2.17. The van der Waals surface area contributed by atoms with Crippen LogP contribution in [0.2, 0.25) is 0 Å². The zero-order valence-electron chi connectivity index (χ0n) is 10.8. The van der Waals surface area contributed by atoms with Gasteiger partial charge in [-0.3, -0.25) is 0 Å². The van der Waals surface area contributed by atoms with E-state index in [4.69, 9.17) is 10.00 Å². The highest BCUT2D eigenvalue weighted by molar-refractivity contribution is 7.98. The Labute approximate surface area is 114 Å². The van der Waals surface area contributed by atoms with Gasteiger partial charge >= 0.3 is 0 Å². The summed E-state index contributed by atoms with van der Waals surface area (Å²) in [6.45, 7) is 1.59. The van der Waals surface area contributed by atoms with E-state index in [1.54, 1.807) is 0 Å². The molecule has 18 heavy (non-hydrogen) atoms. The average molecular weight is 264 g/mol. The molecule has 0 saturated heterocycles. The molecule has 1 N–H and O–H groups in total. The standard InChI is InChI=1S/C14H20N2OS/c1-18-11-5-9-16-13-6-4-7-14(12-13)17-10-3-2-8-15/h4,6-7,12,16H,2-3,5,9-11H2,1H3.